The molecule has 1 aromatic heterocycles. The van der Waals surface area contributed by atoms with Crippen LogP contribution in [0.5, 0.6) is 5.75 Å². The lowest BCUT2D eigenvalue weighted by Gasteiger charge is -2.35. The van der Waals surface area contributed by atoms with Crippen LogP contribution in [0.15, 0.2) is 70.7 Å². The van der Waals surface area contributed by atoms with Gasteiger partial charge in [0, 0.05) is 6.20 Å². The van der Waals surface area contributed by atoms with E-state index in [9.17, 15) is 39.6 Å². The molecule has 242 valence electrons. The molecule has 3 aromatic rings. The summed E-state index contributed by atoms with van der Waals surface area (Å²) in [6.45, 7) is 6.08. The zero-order chi connectivity index (χ0) is 33.4. The van der Waals surface area contributed by atoms with Crippen molar-refractivity contribution >= 4 is 37.6 Å². The van der Waals surface area contributed by atoms with E-state index in [-0.39, 0.29) is 17.9 Å². The molecular weight excluding hydrogens is 639 g/mol. The van der Waals surface area contributed by atoms with Gasteiger partial charge in [-0.2, -0.15) is 21.6 Å². The lowest BCUT2D eigenvalue weighted by molar-refractivity contribution is -0.154. The maximum absolute atomic E-state index is 13.8. The molecule has 0 bridgehead atoms. The van der Waals surface area contributed by atoms with Crippen molar-refractivity contribution in [2.24, 2.45) is 0 Å². The van der Waals surface area contributed by atoms with E-state index in [4.69, 9.17) is 9.47 Å². The number of fused-ring (bicyclic) bond motifs is 1. The molecule has 0 fully saturated rings. The molecule has 16 heteroatoms. The number of nitrogens with zero attached hydrogens (tertiary/aromatic N) is 2. The van der Waals surface area contributed by atoms with Gasteiger partial charge < -0.3 is 9.47 Å². The number of amides is 1. The Morgan fingerprint density at radius 3 is 2.40 bits per heavy atom. The monoisotopic (exact) mass is 669 g/mol. The minimum atomic E-state index is -4.83. The van der Waals surface area contributed by atoms with Gasteiger partial charge in [0.1, 0.15) is 17.5 Å². The number of ether oxygens (including phenoxy) is 2. The maximum atomic E-state index is 13.8. The number of esters is 1. The number of carbonyl (C=O) groups excluding carboxylic acids is 2. The third kappa shape index (κ3) is 8.30. The van der Waals surface area contributed by atoms with Crippen molar-refractivity contribution < 1.29 is 49.1 Å². The Labute approximate surface area is 258 Å². The van der Waals surface area contributed by atoms with Gasteiger partial charge in [0.05, 0.1) is 35.5 Å². The van der Waals surface area contributed by atoms with Crippen molar-refractivity contribution in [3.05, 3.63) is 77.5 Å². The van der Waals surface area contributed by atoms with E-state index in [0.29, 0.717) is 17.2 Å². The molecule has 0 saturated carbocycles. The van der Waals surface area contributed by atoms with Crippen LogP contribution in [0.3, 0.4) is 0 Å². The molecular formula is C29H30F3N3O8S2. The number of carbonyl (C=O) groups is 2. The van der Waals surface area contributed by atoms with Crippen LogP contribution in [0.25, 0.3) is 0 Å². The number of pyridine rings is 1. The Bertz CT molecular complexity index is 1840. The largest absolute Gasteiger partial charge is 0.486 e. The lowest BCUT2D eigenvalue weighted by atomic mass is 10.1. The van der Waals surface area contributed by atoms with Crippen molar-refractivity contribution in [3.8, 4) is 5.75 Å². The molecule has 1 aliphatic heterocycles. The molecule has 2 heterocycles. The molecule has 1 amide bonds. The number of alkyl halides is 3. The fourth-order valence-corrected chi connectivity index (χ4v) is 6.99. The van der Waals surface area contributed by atoms with Gasteiger partial charge in [0.15, 0.2) is 5.03 Å². The molecule has 0 radical (unpaired) electrons. The van der Waals surface area contributed by atoms with Gasteiger partial charge in [0.2, 0.25) is 5.91 Å². The first-order valence-electron chi connectivity index (χ1n) is 13.4. The topological polar surface area (TPSA) is 149 Å². The summed E-state index contributed by atoms with van der Waals surface area (Å²) < 4.78 is 107. The molecule has 0 saturated heterocycles. The number of aryl methyl sites for hydroxylation is 1. The van der Waals surface area contributed by atoms with E-state index >= 15 is 0 Å². The number of hydrogen-bond donors (Lipinski definition) is 1. The molecule has 0 spiro atoms. The van der Waals surface area contributed by atoms with Gasteiger partial charge in [-0.25, -0.2) is 18.1 Å². The van der Waals surface area contributed by atoms with Crippen LogP contribution in [-0.2, 0) is 47.0 Å². The first-order chi connectivity index (χ1) is 20.7. The number of rotatable bonds is 8. The second-order valence-corrected chi connectivity index (χ2v) is 14.8. The third-order valence-corrected chi connectivity index (χ3v) is 9.35. The quantitative estimate of drug-likeness (QED) is 0.349. The Morgan fingerprint density at radius 2 is 1.76 bits per heavy atom. The maximum Gasteiger partial charge on any atom is 0.416 e. The van der Waals surface area contributed by atoms with Crippen LogP contribution in [-0.4, -0.2) is 51.9 Å². The van der Waals surface area contributed by atoms with Crippen molar-refractivity contribution in [2.45, 2.75) is 68.3 Å². The highest BCUT2D eigenvalue weighted by Gasteiger charge is 2.38. The molecule has 11 nitrogen and oxygen atoms in total. The number of sulfonamides is 2. The second-order valence-electron chi connectivity index (χ2n) is 11.3. The number of hydrogen-bond acceptors (Lipinski definition) is 9. The minimum absolute atomic E-state index is 0.0641. The minimum Gasteiger partial charge on any atom is -0.486 e. The molecule has 45 heavy (non-hydrogen) atoms. The number of benzene rings is 2. The van der Waals surface area contributed by atoms with E-state index in [0.717, 1.165) is 22.5 Å². The zero-order valence-electron chi connectivity index (χ0n) is 24.6. The molecule has 1 aliphatic rings. The summed E-state index contributed by atoms with van der Waals surface area (Å²) in [7, 11) is -9.08. The van der Waals surface area contributed by atoms with E-state index in [1.807, 2.05) is 4.72 Å². The summed E-state index contributed by atoms with van der Waals surface area (Å²) in [5.74, 6) is -1.71. The van der Waals surface area contributed by atoms with Crippen LogP contribution in [0.4, 0.5) is 18.9 Å². The van der Waals surface area contributed by atoms with Crippen molar-refractivity contribution in [1.82, 2.24) is 9.71 Å². The van der Waals surface area contributed by atoms with Gasteiger partial charge >= 0.3 is 12.1 Å². The smallest absolute Gasteiger partial charge is 0.416 e. The van der Waals surface area contributed by atoms with Crippen LogP contribution in [0.1, 0.15) is 43.9 Å². The van der Waals surface area contributed by atoms with Gasteiger partial charge in [-0.1, -0.05) is 12.1 Å². The normalized spacial score (nSPS) is 15.5. The molecule has 1 atom stereocenters. The SMILES string of the molecule is Cc1ccnc(S(=O)(=O)NC(=O)C[C@H]2CN(S(=O)(=O)c3cccc(C(F)(F)F)c3)c3cc(CC(=O)OC(C)(C)C)ccc3O2)c1. The fraction of sp³-hybridized carbons (Fsp3) is 0.345. The Balaban J connectivity index is 1.68. The van der Waals surface area contributed by atoms with E-state index in [1.54, 1.807) is 33.8 Å². The summed E-state index contributed by atoms with van der Waals surface area (Å²) in [5.41, 5.74) is -1.18. The van der Waals surface area contributed by atoms with Crippen molar-refractivity contribution in [3.63, 3.8) is 0 Å². The Morgan fingerprint density at radius 1 is 1.04 bits per heavy atom. The average molecular weight is 670 g/mol. The second kappa shape index (κ2) is 12.3. The first kappa shape index (κ1) is 33.7. The third-order valence-electron chi connectivity index (χ3n) is 6.30. The molecule has 4 rings (SSSR count). The summed E-state index contributed by atoms with van der Waals surface area (Å²) in [6, 6.07) is 10.1. The highest BCUT2D eigenvalue weighted by molar-refractivity contribution is 7.92. The molecule has 0 unspecified atom stereocenters. The lowest BCUT2D eigenvalue weighted by Crippen LogP contribution is -2.46. The molecule has 0 aliphatic carbocycles. The zero-order valence-corrected chi connectivity index (χ0v) is 26.2. The molecule has 1 N–H and O–H groups in total. The van der Waals surface area contributed by atoms with Crippen molar-refractivity contribution in [2.75, 3.05) is 10.8 Å². The number of halogens is 3. The van der Waals surface area contributed by atoms with E-state index in [2.05, 4.69) is 4.98 Å². The van der Waals surface area contributed by atoms with E-state index < -0.39 is 78.3 Å². The number of nitrogens with one attached hydrogen (secondary N) is 1. The highest BCUT2D eigenvalue weighted by atomic mass is 32.2. The van der Waals surface area contributed by atoms with Crippen molar-refractivity contribution in [1.29, 1.82) is 0 Å². The fourth-order valence-electron chi connectivity index (χ4n) is 4.41. The predicted molar refractivity (Wildman–Crippen MR) is 155 cm³/mol. The molecule has 2 aromatic carbocycles. The Hall–Kier alpha value is -4.18. The number of aromatic nitrogens is 1. The van der Waals surface area contributed by atoms with Crippen LogP contribution >= 0.6 is 0 Å². The first-order valence-corrected chi connectivity index (χ1v) is 16.4. The summed E-state index contributed by atoms with van der Waals surface area (Å²) in [5, 5.41) is -0.406. The average Bonchev–Trinajstić information content (AvgIpc) is 2.91. The van der Waals surface area contributed by atoms with Crippen LogP contribution in [0, 0.1) is 6.92 Å². The summed E-state index contributed by atoms with van der Waals surface area (Å²) in [6.07, 6.45) is -5.72. The van der Waals surface area contributed by atoms with E-state index in [1.165, 1.54) is 30.5 Å². The number of anilines is 1. The predicted octanol–water partition coefficient (Wildman–Crippen LogP) is 4.14. The van der Waals surface area contributed by atoms with Gasteiger partial charge in [-0.05, 0) is 81.3 Å². The Kier molecular flexibility index (Phi) is 9.22. The summed E-state index contributed by atoms with van der Waals surface area (Å²) >= 11 is 0. The van der Waals surface area contributed by atoms with Crippen LogP contribution < -0.4 is 13.8 Å². The van der Waals surface area contributed by atoms with Crippen LogP contribution in [0.2, 0.25) is 0 Å². The van der Waals surface area contributed by atoms with Gasteiger partial charge in [-0.3, -0.25) is 13.9 Å². The highest BCUT2D eigenvalue weighted by Crippen LogP contribution is 2.39. The standard InChI is InChI=1S/C29H30F3N3O8S2/c1-18-10-11-33-26(12-18)44(38,39)34-25(36)16-21-17-35(45(40,41)22-7-5-6-20(15-22)29(30,31)32)23-13-19(8-9-24(23)42-21)14-27(37)43-28(2,3)4/h5-13,15,21H,14,16-17H2,1-4H3,(H,34,36)/t21-/m0/s1. The van der Waals surface area contributed by atoms with Gasteiger partial charge in [-0.15, -0.1) is 0 Å². The van der Waals surface area contributed by atoms with Gasteiger partial charge in [0.25, 0.3) is 20.0 Å². The summed E-state index contributed by atoms with van der Waals surface area (Å²) in [4.78, 5) is 28.3.